The van der Waals surface area contributed by atoms with Gasteiger partial charge < -0.3 is 20.5 Å². The summed E-state index contributed by atoms with van der Waals surface area (Å²) < 4.78 is 5.53. The van der Waals surface area contributed by atoms with Crippen molar-refractivity contribution < 1.29 is 24.2 Å². The van der Waals surface area contributed by atoms with Crippen LogP contribution in [0, 0.1) is 5.92 Å². The molecule has 2 unspecified atom stereocenters. The first-order valence-electron chi connectivity index (χ1n) is 10.7. The van der Waals surface area contributed by atoms with Crippen molar-refractivity contribution in [2.45, 2.75) is 51.6 Å². The van der Waals surface area contributed by atoms with Crippen molar-refractivity contribution in [3.63, 3.8) is 0 Å². The molecule has 7 nitrogen and oxygen atoms in total. The van der Waals surface area contributed by atoms with Gasteiger partial charge in [0, 0.05) is 17.5 Å². The van der Waals surface area contributed by atoms with Gasteiger partial charge in [0.1, 0.15) is 6.61 Å². The fourth-order valence-electron chi connectivity index (χ4n) is 4.05. The van der Waals surface area contributed by atoms with Crippen molar-refractivity contribution in [2.75, 3.05) is 6.61 Å². The Hall–Kier alpha value is -3.35. The first-order valence-corrected chi connectivity index (χ1v) is 10.7. The number of ether oxygens (including phenoxy) is 1. The fourth-order valence-corrected chi connectivity index (χ4v) is 4.05. The molecule has 2 amide bonds. The minimum atomic E-state index is -0.993. The molecule has 0 radical (unpaired) electrons. The molecule has 0 aromatic heterocycles. The van der Waals surface area contributed by atoms with Crippen LogP contribution >= 0.6 is 0 Å². The summed E-state index contributed by atoms with van der Waals surface area (Å²) in [7, 11) is 0. The van der Waals surface area contributed by atoms with Crippen LogP contribution in [0.4, 0.5) is 4.79 Å². The SMILES string of the molecule is CC(NC(=O)OCC1c2ccccc2-c2ccccc21)C(C)C(=O)NC(C)(C)CC(=O)O. The molecule has 0 bridgehead atoms. The molecular formula is C25H30N2O5. The summed E-state index contributed by atoms with van der Waals surface area (Å²) >= 11 is 0. The summed E-state index contributed by atoms with van der Waals surface area (Å²) in [4.78, 5) is 35.9. The first-order chi connectivity index (χ1) is 15.1. The summed E-state index contributed by atoms with van der Waals surface area (Å²) in [5, 5.41) is 14.4. The normalized spacial score (nSPS) is 14.6. The average Bonchev–Trinajstić information content (AvgIpc) is 3.04. The summed E-state index contributed by atoms with van der Waals surface area (Å²) in [5.41, 5.74) is 3.67. The zero-order valence-corrected chi connectivity index (χ0v) is 18.8. The molecule has 1 aliphatic rings. The second-order valence-corrected chi connectivity index (χ2v) is 8.99. The molecule has 0 heterocycles. The van der Waals surface area contributed by atoms with Crippen LogP contribution in [-0.2, 0) is 14.3 Å². The lowest BCUT2D eigenvalue weighted by Crippen LogP contribution is -2.51. The van der Waals surface area contributed by atoms with E-state index in [1.54, 1.807) is 27.7 Å². The maximum Gasteiger partial charge on any atom is 0.407 e. The maximum absolute atomic E-state index is 12.5. The van der Waals surface area contributed by atoms with Crippen LogP contribution in [0.2, 0.25) is 0 Å². The molecule has 32 heavy (non-hydrogen) atoms. The number of carboxylic acids is 1. The quantitative estimate of drug-likeness (QED) is 0.579. The van der Waals surface area contributed by atoms with Crippen LogP contribution in [-0.4, -0.2) is 41.3 Å². The number of hydrogen-bond donors (Lipinski definition) is 3. The number of nitrogens with one attached hydrogen (secondary N) is 2. The van der Waals surface area contributed by atoms with Crippen molar-refractivity contribution in [2.24, 2.45) is 5.92 Å². The van der Waals surface area contributed by atoms with Gasteiger partial charge in [-0.3, -0.25) is 9.59 Å². The summed E-state index contributed by atoms with van der Waals surface area (Å²) in [6.45, 7) is 6.89. The molecule has 0 saturated heterocycles. The second-order valence-electron chi connectivity index (χ2n) is 8.99. The Morgan fingerprint density at radius 2 is 1.53 bits per heavy atom. The standard InChI is InChI=1S/C25H30N2O5/c1-15(23(30)27-25(3,4)13-22(28)29)16(2)26-24(31)32-14-21-19-11-7-5-9-17(19)18-10-6-8-12-20(18)21/h5-12,15-16,21H,13-14H2,1-4H3,(H,26,31)(H,27,30)(H,28,29). The maximum atomic E-state index is 12.5. The summed E-state index contributed by atoms with van der Waals surface area (Å²) in [6.07, 6.45) is -0.788. The molecule has 1 aliphatic carbocycles. The Kier molecular flexibility index (Phi) is 6.87. The lowest BCUT2D eigenvalue weighted by Gasteiger charge is -2.28. The van der Waals surface area contributed by atoms with Crippen LogP contribution in [0.15, 0.2) is 48.5 Å². The van der Waals surface area contributed by atoms with Gasteiger partial charge >= 0.3 is 12.1 Å². The van der Waals surface area contributed by atoms with Crippen LogP contribution in [0.3, 0.4) is 0 Å². The predicted octanol–water partition coefficient (Wildman–Crippen LogP) is 3.92. The number of carbonyl (C=O) groups is 3. The number of fused-ring (bicyclic) bond motifs is 3. The van der Waals surface area contributed by atoms with Gasteiger partial charge in [0.15, 0.2) is 0 Å². The number of alkyl carbamates (subject to hydrolysis) is 1. The number of carbonyl (C=O) groups excluding carboxylic acids is 2. The van der Waals surface area contributed by atoms with E-state index < -0.39 is 29.6 Å². The second kappa shape index (κ2) is 9.42. The molecule has 2 aromatic rings. The molecule has 0 spiro atoms. The Balaban J connectivity index is 1.57. The van der Waals surface area contributed by atoms with Gasteiger partial charge in [-0.2, -0.15) is 0 Å². The molecule has 3 N–H and O–H groups in total. The van der Waals surface area contributed by atoms with Crippen molar-refractivity contribution in [1.29, 1.82) is 0 Å². The first kappa shape index (κ1) is 23.3. The van der Waals surface area contributed by atoms with E-state index in [2.05, 4.69) is 34.9 Å². The van der Waals surface area contributed by atoms with E-state index >= 15 is 0 Å². The highest BCUT2D eigenvalue weighted by molar-refractivity contribution is 5.82. The minimum Gasteiger partial charge on any atom is -0.481 e. The lowest BCUT2D eigenvalue weighted by molar-refractivity contribution is -0.139. The topological polar surface area (TPSA) is 105 Å². The number of amides is 2. The zero-order chi connectivity index (χ0) is 23.5. The van der Waals surface area contributed by atoms with E-state index in [1.165, 1.54) is 0 Å². The van der Waals surface area contributed by atoms with Gasteiger partial charge in [0.25, 0.3) is 0 Å². The number of benzene rings is 2. The van der Waals surface area contributed by atoms with E-state index in [9.17, 15) is 14.4 Å². The van der Waals surface area contributed by atoms with Crippen molar-refractivity contribution in [3.8, 4) is 11.1 Å². The molecular weight excluding hydrogens is 408 g/mol. The smallest absolute Gasteiger partial charge is 0.407 e. The molecule has 0 fully saturated rings. The van der Waals surface area contributed by atoms with Crippen LogP contribution in [0.1, 0.15) is 51.2 Å². The Morgan fingerprint density at radius 1 is 1.00 bits per heavy atom. The minimum absolute atomic E-state index is 0.0407. The highest BCUT2D eigenvalue weighted by atomic mass is 16.5. The molecule has 0 aliphatic heterocycles. The fraction of sp³-hybridized carbons (Fsp3) is 0.400. The Labute approximate surface area is 188 Å². The molecule has 2 aromatic carbocycles. The van der Waals surface area contributed by atoms with E-state index in [0.717, 1.165) is 22.3 Å². The number of hydrogen-bond acceptors (Lipinski definition) is 4. The molecule has 7 heteroatoms. The van der Waals surface area contributed by atoms with E-state index in [-0.39, 0.29) is 24.9 Å². The monoisotopic (exact) mass is 438 g/mol. The van der Waals surface area contributed by atoms with Gasteiger partial charge in [-0.15, -0.1) is 0 Å². The van der Waals surface area contributed by atoms with Crippen LogP contribution in [0.25, 0.3) is 11.1 Å². The van der Waals surface area contributed by atoms with Crippen LogP contribution in [0.5, 0.6) is 0 Å². The molecule has 170 valence electrons. The predicted molar refractivity (Wildman–Crippen MR) is 121 cm³/mol. The van der Waals surface area contributed by atoms with E-state index in [4.69, 9.17) is 9.84 Å². The highest BCUT2D eigenvalue weighted by Gasteiger charge is 2.31. The Bertz CT molecular complexity index is 971. The number of rotatable bonds is 8. The van der Waals surface area contributed by atoms with Gasteiger partial charge in [0.05, 0.1) is 12.3 Å². The van der Waals surface area contributed by atoms with E-state index in [0.29, 0.717) is 0 Å². The number of aliphatic carboxylic acids is 1. The molecule has 2 atom stereocenters. The Morgan fingerprint density at radius 3 is 2.06 bits per heavy atom. The van der Waals surface area contributed by atoms with Gasteiger partial charge in [-0.25, -0.2) is 4.79 Å². The molecule has 0 saturated carbocycles. The van der Waals surface area contributed by atoms with Crippen LogP contribution < -0.4 is 10.6 Å². The largest absolute Gasteiger partial charge is 0.481 e. The number of carboxylic acid groups (broad SMARTS) is 1. The zero-order valence-electron chi connectivity index (χ0n) is 18.8. The molecule has 3 rings (SSSR count). The average molecular weight is 439 g/mol. The van der Waals surface area contributed by atoms with E-state index in [1.807, 2.05) is 24.3 Å². The third-order valence-corrected chi connectivity index (χ3v) is 5.91. The van der Waals surface area contributed by atoms with Crippen molar-refractivity contribution >= 4 is 18.0 Å². The van der Waals surface area contributed by atoms with Gasteiger partial charge in [-0.05, 0) is 43.0 Å². The van der Waals surface area contributed by atoms with Gasteiger partial charge in [-0.1, -0.05) is 55.5 Å². The highest BCUT2D eigenvalue weighted by Crippen LogP contribution is 2.44. The third kappa shape index (κ3) is 5.28. The third-order valence-electron chi connectivity index (χ3n) is 5.91. The van der Waals surface area contributed by atoms with Gasteiger partial charge in [0.2, 0.25) is 5.91 Å². The summed E-state index contributed by atoms with van der Waals surface area (Å²) in [6, 6.07) is 15.7. The van der Waals surface area contributed by atoms with Crippen molar-refractivity contribution in [1.82, 2.24) is 10.6 Å². The lowest BCUT2D eigenvalue weighted by atomic mass is 9.97. The van der Waals surface area contributed by atoms with Crippen molar-refractivity contribution in [3.05, 3.63) is 59.7 Å². The summed E-state index contributed by atoms with van der Waals surface area (Å²) in [5.74, 6) is -1.93.